The summed E-state index contributed by atoms with van der Waals surface area (Å²) in [6.45, 7) is 2.27. The third-order valence-corrected chi connectivity index (χ3v) is 6.29. The topological polar surface area (TPSA) is 72.0 Å². The van der Waals surface area contributed by atoms with E-state index in [1.165, 1.54) is 6.33 Å². The van der Waals surface area contributed by atoms with Crippen LogP contribution in [-0.2, 0) is 16.3 Å². The molecular formula is C16H17N3O2S2. The Morgan fingerprint density at radius 2 is 2.00 bits per heavy atom. The van der Waals surface area contributed by atoms with Crippen molar-refractivity contribution in [2.24, 2.45) is 0 Å². The second-order valence-corrected chi connectivity index (χ2v) is 8.19. The van der Waals surface area contributed by atoms with Gasteiger partial charge in [-0.2, -0.15) is 0 Å². The van der Waals surface area contributed by atoms with Crippen molar-refractivity contribution in [1.82, 2.24) is 9.97 Å². The number of fused-ring (bicyclic) bond motifs is 1. The molecular weight excluding hydrogens is 330 g/mol. The van der Waals surface area contributed by atoms with Crippen molar-refractivity contribution in [2.45, 2.75) is 18.2 Å². The zero-order valence-corrected chi connectivity index (χ0v) is 14.3. The summed E-state index contributed by atoms with van der Waals surface area (Å²) >= 11 is 1.57. The van der Waals surface area contributed by atoms with E-state index in [9.17, 15) is 8.42 Å². The number of nitrogens with one attached hydrogen (secondary N) is 1. The molecule has 0 aliphatic carbocycles. The van der Waals surface area contributed by atoms with E-state index >= 15 is 0 Å². The van der Waals surface area contributed by atoms with Gasteiger partial charge in [0.15, 0.2) is 9.84 Å². The molecule has 0 atom stereocenters. The van der Waals surface area contributed by atoms with Crippen LogP contribution in [0.2, 0.25) is 0 Å². The van der Waals surface area contributed by atoms with E-state index in [1.807, 2.05) is 23.6 Å². The molecule has 0 radical (unpaired) electrons. The smallest absolute Gasteiger partial charge is 0.178 e. The van der Waals surface area contributed by atoms with Crippen molar-refractivity contribution in [1.29, 1.82) is 0 Å². The Morgan fingerprint density at radius 3 is 2.83 bits per heavy atom. The van der Waals surface area contributed by atoms with Gasteiger partial charge in [0.05, 0.1) is 16.0 Å². The predicted molar refractivity (Wildman–Crippen MR) is 93.8 cm³/mol. The molecule has 0 amide bonds. The van der Waals surface area contributed by atoms with Gasteiger partial charge in [-0.25, -0.2) is 18.4 Å². The molecule has 2 aromatic heterocycles. The zero-order chi connectivity index (χ0) is 16.3. The predicted octanol–water partition coefficient (Wildman–Crippen LogP) is 3.14. The highest BCUT2D eigenvalue weighted by molar-refractivity contribution is 7.91. The molecule has 120 valence electrons. The quantitative estimate of drug-likeness (QED) is 0.742. The van der Waals surface area contributed by atoms with Gasteiger partial charge in [0.2, 0.25) is 0 Å². The van der Waals surface area contributed by atoms with Crippen molar-refractivity contribution < 1.29 is 8.42 Å². The van der Waals surface area contributed by atoms with Gasteiger partial charge in [0.1, 0.15) is 17.0 Å². The van der Waals surface area contributed by atoms with Crippen LogP contribution >= 0.6 is 11.3 Å². The Balaban J connectivity index is 1.76. The highest BCUT2D eigenvalue weighted by Crippen LogP contribution is 2.24. The maximum Gasteiger partial charge on any atom is 0.178 e. The molecule has 0 aliphatic heterocycles. The molecule has 0 aliphatic rings. The van der Waals surface area contributed by atoms with Crippen LogP contribution in [-0.4, -0.2) is 30.7 Å². The normalized spacial score (nSPS) is 11.7. The molecule has 0 fully saturated rings. The number of hydrogen-bond donors (Lipinski definition) is 1. The molecule has 0 saturated carbocycles. The van der Waals surface area contributed by atoms with Crippen LogP contribution in [0.4, 0.5) is 5.82 Å². The molecule has 3 aromatic rings. The molecule has 0 unspecified atom stereocenters. The molecule has 3 rings (SSSR count). The van der Waals surface area contributed by atoms with Crippen LogP contribution in [0.15, 0.2) is 46.9 Å². The SMILES string of the molecule is CCS(=O)(=O)c1ccccc1CCNc1ncnc2sccc12. The lowest BCUT2D eigenvalue weighted by molar-refractivity contribution is 0.596. The molecule has 1 aromatic carbocycles. The van der Waals surface area contributed by atoms with Gasteiger partial charge in [0, 0.05) is 6.54 Å². The summed E-state index contributed by atoms with van der Waals surface area (Å²) in [6, 6.07) is 9.16. The summed E-state index contributed by atoms with van der Waals surface area (Å²) in [5, 5.41) is 6.25. The third kappa shape index (κ3) is 3.35. The van der Waals surface area contributed by atoms with Gasteiger partial charge in [-0.1, -0.05) is 25.1 Å². The van der Waals surface area contributed by atoms with Crippen LogP contribution in [0, 0.1) is 0 Å². The monoisotopic (exact) mass is 347 g/mol. The molecule has 0 bridgehead atoms. The van der Waals surface area contributed by atoms with Crippen LogP contribution in [0.3, 0.4) is 0 Å². The molecule has 23 heavy (non-hydrogen) atoms. The van der Waals surface area contributed by atoms with Gasteiger partial charge in [-0.3, -0.25) is 0 Å². The minimum atomic E-state index is -3.20. The van der Waals surface area contributed by atoms with Crippen LogP contribution < -0.4 is 5.32 Å². The lowest BCUT2D eigenvalue weighted by Gasteiger charge is -2.10. The van der Waals surface area contributed by atoms with E-state index in [4.69, 9.17) is 0 Å². The summed E-state index contributed by atoms with van der Waals surface area (Å²) in [5.41, 5.74) is 0.831. The van der Waals surface area contributed by atoms with Crippen molar-refractivity contribution in [3.63, 3.8) is 0 Å². The van der Waals surface area contributed by atoms with Crippen LogP contribution in [0.5, 0.6) is 0 Å². The first kappa shape index (κ1) is 15.9. The Morgan fingerprint density at radius 1 is 1.17 bits per heavy atom. The molecule has 5 nitrogen and oxygen atoms in total. The lowest BCUT2D eigenvalue weighted by Crippen LogP contribution is -2.11. The number of hydrogen-bond acceptors (Lipinski definition) is 6. The van der Waals surface area contributed by atoms with Gasteiger partial charge in [-0.15, -0.1) is 11.3 Å². The fourth-order valence-electron chi connectivity index (χ4n) is 2.42. The fraction of sp³-hybridized carbons (Fsp3) is 0.250. The summed E-state index contributed by atoms with van der Waals surface area (Å²) in [6.07, 6.45) is 2.15. The summed E-state index contributed by atoms with van der Waals surface area (Å²) in [4.78, 5) is 9.84. The summed E-state index contributed by atoms with van der Waals surface area (Å²) in [5.74, 6) is 0.894. The zero-order valence-electron chi connectivity index (χ0n) is 12.7. The number of nitrogens with zero attached hydrogens (tertiary/aromatic N) is 2. The number of sulfone groups is 1. The Hall–Kier alpha value is -1.99. The van der Waals surface area contributed by atoms with Crippen LogP contribution in [0.25, 0.3) is 10.2 Å². The minimum absolute atomic E-state index is 0.110. The van der Waals surface area contributed by atoms with Crippen molar-refractivity contribution in [3.8, 4) is 0 Å². The molecule has 0 saturated heterocycles. The summed E-state index contributed by atoms with van der Waals surface area (Å²) < 4.78 is 24.3. The Labute approximate surface area is 139 Å². The lowest BCUT2D eigenvalue weighted by atomic mass is 10.1. The van der Waals surface area contributed by atoms with Crippen molar-refractivity contribution in [3.05, 3.63) is 47.6 Å². The average Bonchev–Trinajstić information content (AvgIpc) is 3.05. The van der Waals surface area contributed by atoms with Gasteiger partial charge < -0.3 is 5.32 Å². The van der Waals surface area contributed by atoms with E-state index in [0.29, 0.717) is 17.9 Å². The van der Waals surface area contributed by atoms with E-state index in [1.54, 1.807) is 30.4 Å². The molecule has 7 heteroatoms. The van der Waals surface area contributed by atoms with E-state index in [0.717, 1.165) is 21.6 Å². The number of thiophene rings is 1. The van der Waals surface area contributed by atoms with E-state index < -0.39 is 9.84 Å². The number of aromatic nitrogens is 2. The highest BCUT2D eigenvalue weighted by atomic mass is 32.2. The second kappa shape index (κ2) is 6.64. The number of rotatable bonds is 6. The Bertz CT molecular complexity index is 920. The Kier molecular flexibility index (Phi) is 4.58. The minimum Gasteiger partial charge on any atom is -0.369 e. The summed E-state index contributed by atoms with van der Waals surface area (Å²) in [7, 11) is -3.20. The maximum absolute atomic E-state index is 12.2. The maximum atomic E-state index is 12.2. The van der Waals surface area contributed by atoms with Gasteiger partial charge in [0.25, 0.3) is 0 Å². The molecule has 0 spiro atoms. The van der Waals surface area contributed by atoms with Gasteiger partial charge >= 0.3 is 0 Å². The van der Waals surface area contributed by atoms with Crippen molar-refractivity contribution >= 4 is 37.2 Å². The average molecular weight is 347 g/mol. The number of benzene rings is 1. The second-order valence-electron chi connectivity index (χ2n) is 5.05. The van der Waals surface area contributed by atoms with Crippen molar-refractivity contribution in [2.75, 3.05) is 17.6 Å². The van der Waals surface area contributed by atoms with Crippen LogP contribution in [0.1, 0.15) is 12.5 Å². The first-order valence-electron chi connectivity index (χ1n) is 7.34. The largest absolute Gasteiger partial charge is 0.369 e. The molecule has 1 N–H and O–H groups in total. The van der Waals surface area contributed by atoms with E-state index in [-0.39, 0.29) is 5.75 Å². The highest BCUT2D eigenvalue weighted by Gasteiger charge is 2.15. The standard InChI is InChI=1S/C16H17N3O2S2/c1-2-23(20,21)14-6-4-3-5-12(14)7-9-17-15-13-8-10-22-16(13)19-11-18-15/h3-6,8,10-11H,2,7,9H2,1H3,(H,17,18,19). The first-order valence-corrected chi connectivity index (χ1v) is 9.88. The van der Waals surface area contributed by atoms with Gasteiger partial charge in [-0.05, 0) is 29.5 Å². The van der Waals surface area contributed by atoms with E-state index in [2.05, 4.69) is 15.3 Å². The first-order chi connectivity index (χ1) is 11.1. The third-order valence-electron chi connectivity index (χ3n) is 3.64. The number of anilines is 1. The fourth-order valence-corrected chi connectivity index (χ4v) is 4.31. The molecule has 2 heterocycles.